The molecular weight excluding hydrogens is 264 g/mol. The van der Waals surface area contributed by atoms with Crippen LogP contribution in [0.15, 0.2) is 6.07 Å². The molecule has 20 heavy (non-hydrogen) atoms. The lowest BCUT2D eigenvalue weighted by Crippen LogP contribution is -2.36. The van der Waals surface area contributed by atoms with Crippen molar-refractivity contribution < 1.29 is 0 Å². The van der Waals surface area contributed by atoms with Gasteiger partial charge in [0.05, 0.1) is 0 Å². The first-order chi connectivity index (χ1) is 9.47. The molecule has 112 valence electrons. The van der Waals surface area contributed by atoms with Gasteiger partial charge in [-0.1, -0.05) is 12.8 Å². The van der Waals surface area contributed by atoms with E-state index < -0.39 is 0 Å². The van der Waals surface area contributed by atoms with Crippen LogP contribution in [0.2, 0.25) is 0 Å². The van der Waals surface area contributed by atoms with Crippen LogP contribution in [0, 0.1) is 20.8 Å². The minimum Gasteiger partial charge on any atom is -0.309 e. The van der Waals surface area contributed by atoms with Crippen molar-refractivity contribution >= 4 is 11.8 Å². The Kier molecular flexibility index (Phi) is 5.14. The van der Waals surface area contributed by atoms with Gasteiger partial charge in [0, 0.05) is 28.7 Å². The van der Waals surface area contributed by atoms with Crippen LogP contribution in [-0.4, -0.2) is 22.5 Å². The molecule has 2 nitrogen and oxygen atoms in total. The van der Waals surface area contributed by atoms with E-state index in [4.69, 9.17) is 0 Å². The molecule has 0 aliphatic heterocycles. The number of nitrogens with one attached hydrogen (secondary N) is 1. The molecule has 1 aromatic rings. The number of nitrogens with zero attached hydrogens (tertiary/aromatic N) is 1. The maximum atomic E-state index is 4.63. The molecule has 1 heterocycles. The molecule has 0 radical (unpaired) electrons. The summed E-state index contributed by atoms with van der Waals surface area (Å²) in [5.74, 6) is 0. The van der Waals surface area contributed by atoms with Crippen molar-refractivity contribution in [3.05, 3.63) is 28.6 Å². The van der Waals surface area contributed by atoms with Crippen molar-refractivity contribution in [1.29, 1.82) is 0 Å². The van der Waals surface area contributed by atoms with E-state index >= 15 is 0 Å². The number of hydrogen-bond acceptors (Lipinski definition) is 3. The molecule has 1 fully saturated rings. The molecule has 0 aromatic carbocycles. The van der Waals surface area contributed by atoms with Crippen molar-refractivity contribution in [1.82, 2.24) is 10.3 Å². The Hall–Kier alpha value is -0.540. The normalized spacial score (nSPS) is 19.2. The van der Waals surface area contributed by atoms with Gasteiger partial charge < -0.3 is 5.32 Å². The average molecular weight is 292 g/mol. The number of thioether (sulfide) groups is 1. The first-order valence-corrected chi connectivity index (χ1v) is 8.93. The van der Waals surface area contributed by atoms with Crippen molar-refractivity contribution in [2.45, 2.75) is 64.2 Å². The highest BCUT2D eigenvalue weighted by Crippen LogP contribution is 2.40. The zero-order chi connectivity index (χ0) is 14.8. The van der Waals surface area contributed by atoms with Crippen molar-refractivity contribution in [3.63, 3.8) is 0 Å². The van der Waals surface area contributed by atoms with E-state index in [-0.39, 0.29) is 0 Å². The highest BCUT2D eigenvalue weighted by atomic mass is 32.2. The van der Waals surface area contributed by atoms with Gasteiger partial charge in [0.25, 0.3) is 0 Å². The molecule has 1 aliphatic rings. The second-order valence-corrected chi connectivity index (χ2v) is 7.55. The summed E-state index contributed by atoms with van der Waals surface area (Å²) in [4.78, 5) is 4.63. The number of pyridine rings is 1. The highest BCUT2D eigenvalue weighted by molar-refractivity contribution is 8.00. The van der Waals surface area contributed by atoms with Crippen LogP contribution in [0.25, 0.3) is 0 Å². The largest absolute Gasteiger partial charge is 0.309 e. The van der Waals surface area contributed by atoms with Gasteiger partial charge in [0.1, 0.15) is 0 Å². The summed E-state index contributed by atoms with van der Waals surface area (Å²) in [5.41, 5.74) is 5.03. The molecule has 1 aliphatic carbocycles. The monoisotopic (exact) mass is 292 g/mol. The van der Waals surface area contributed by atoms with E-state index in [0.717, 1.165) is 12.2 Å². The molecule has 1 atom stereocenters. The Morgan fingerprint density at radius 1 is 1.30 bits per heavy atom. The third kappa shape index (κ3) is 3.37. The Balaban J connectivity index is 2.07. The van der Waals surface area contributed by atoms with Gasteiger partial charge in [-0.15, -0.1) is 0 Å². The van der Waals surface area contributed by atoms with Gasteiger partial charge in [0.15, 0.2) is 0 Å². The summed E-state index contributed by atoms with van der Waals surface area (Å²) in [6, 6.07) is 2.58. The van der Waals surface area contributed by atoms with Crippen molar-refractivity contribution in [3.8, 4) is 0 Å². The lowest BCUT2D eigenvalue weighted by Gasteiger charge is -2.30. The maximum Gasteiger partial charge on any atom is 0.0426 e. The zero-order valence-electron chi connectivity index (χ0n) is 13.5. The first kappa shape index (κ1) is 15.8. The highest BCUT2D eigenvalue weighted by Gasteiger charge is 2.33. The van der Waals surface area contributed by atoms with E-state index in [0.29, 0.717) is 10.8 Å². The Morgan fingerprint density at radius 3 is 2.50 bits per heavy atom. The molecule has 1 unspecified atom stereocenters. The first-order valence-electron chi connectivity index (χ1n) is 7.71. The molecular formula is C17H28N2S. The smallest absolute Gasteiger partial charge is 0.0426 e. The molecule has 3 heteroatoms. The lowest BCUT2D eigenvalue weighted by molar-refractivity contribution is 0.483. The number of rotatable bonds is 5. The quantitative estimate of drug-likeness (QED) is 0.874. The lowest BCUT2D eigenvalue weighted by atomic mass is 9.99. The van der Waals surface area contributed by atoms with Crippen LogP contribution in [0.5, 0.6) is 0 Å². The van der Waals surface area contributed by atoms with E-state index in [1.54, 1.807) is 0 Å². The fourth-order valence-corrected chi connectivity index (χ4v) is 4.53. The molecule has 0 amide bonds. The van der Waals surface area contributed by atoms with Gasteiger partial charge in [-0.2, -0.15) is 11.8 Å². The van der Waals surface area contributed by atoms with Crippen LogP contribution < -0.4 is 5.32 Å². The molecule has 0 spiro atoms. The third-order valence-electron chi connectivity index (χ3n) is 4.70. The molecule has 0 bridgehead atoms. The second kappa shape index (κ2) is 6.48. The molecule has 1 N–H and O–H groups in total. The number of aryl methyl sites for hydroxylation is 3. The van der Waals surface area contributed by atoms with Crippen LogP contribution in [-0.2, 0) is 0 Å². The molecule has 2 rings (SSSR count). The summed E-state index contributed by atoms with van der Waals surface area (Å²) in [5, 5.41) is 3.77. The minimum absolute atomic E-state index is 0.382. The Labute approximate surface area is 128 Å². The van der Waals surface area contributed by atoms with Crippen LogP contribution in [0.4, 0.5) is 0 Å². The SMILES string of the molecule is CSC1(CNC(C)c2c(C)cc(C)nc2C)CCCC1. The van der Waals surface area contributed by atoms with Gasteiger partial charge in [-0.05, 0) is 64.0 Å². The van der Waals surface area contributed by atoms with E-state index in [9.17, 15) is 0 Å². The molecule has 1 saturated carbocycles. The van der Waals surface area contributed by atoms with E-state index in [1.165, 1.54) is 42.5 Å². The second-order valence-electron chi connectivity index (χ2n) is 6.28. The number of hydrogen-bond donors (Lipinski definition) is 1. The average Bonchev–Trinajstić information content (AvgIpc) is 2.84. The fraction of sp³-hybridized carbons (Fsp3) is 0.706. The summed E-state index contributed by atoms with van der Waals surface area (Å²) < 4.78 is 0.466. The van der Waals surface area contributed by atoms with E-state index in [2.05, 4.69) is 50.3 Å². The topological polar surface area (TPSA) is 24.9 Å². The van der Waals surface area contributed by atoms with Gasteiger partial charge in [-0.25, -0.2) is 0 Å². The summed E-state index contributed by atoms with van der Waals surface area (Å²) in [6.45, 7) is 9.79. The zero-order valence-corrected chi connectivity index (χ0v) is 14.4. The van der Waals surface area contributed by atoms with Crippen LogP contribution in [0.1, 0.15) is 61.2 Å². The third-order valence-corrected chi connectivity index (χ3v) is 6.11. The predicted octanol–water partition coefficient (Wildman–Crippen LogP) is 4.33. The predicted molar refractivity (Wildman–Crippen MR) is 89.6 cm³/mol. The molecule has 0 saturated heterocycles. The van der Waals surface area contributed by atoms with Crippen LogP contribution in [0.3, 0.4) is 0 Å². The Bertz CT molecular complexity index is 441. The Morgan fingerprint density at radius 2 is 1.95 bits per heavy atom. The summed E-state index contributed by atoms with van der Waals surface area (Å²) >= 11 is 2.05. The van der Waals surface area contributed by atoms with Crippen molar-refractivity contribution in [2.24, 2.45) is 0 Å². The standard InChI is InChI=1S/C17H28N2S/c1-12-10-13(2)19-15(4)16(12)14(3)18-11-17(20-5)8-6-7-9-17/h10,14,18H,6-9,11H2,1-5H3. The van der Waals surface area contributed by atoms with Gasteiger partial charge in [0.2, 0.25) is 0 Å². The maximum absolute atomic E-state index is 4.63. The van der Waals surface area contributed by atoms with Gasteiger partial charge >= 0.3 is 0 Å². The van der Waals surface area contributed by atoms with Gasteiger partial charge in [-0.3, -0.25) is 4.98 Å². The van der Waals surface area contributed by atoms with Crippen LogP contribution >= 0.6 is 11.8 Å². The van der Waals surface area contributed by atoms with E-state index in [1.807, 2.05) is 11.8 Å². The minimum atomic E-state index is 0.382. The number of aromatic nitrogens is 1. The molecule has 1 aromatic heterocycles. The summed E-state index contributed by atoms with van der Waals surface area (Å²) in [7, 11) is 0. The fourth-order valence-electron chi connectivity index (χ4n) is 3.60. The van der Waals surface area contributed by atoms with Crippen molar-refractivity contribution in [2.75, 3.05) is 12.8 Å². The summed E-state index contributed by atoms with van der Waals surface area (Å²) in [6.07, 6.45) is 7.76.